The summed E-state index contributed by atoms with van der Waals surface area (Å²) in [6, 6.07) is 5.78. The molecule has 1 aromatic rings. The van der Waals surface area contributed by atoms with Crippen LogP contribution in [-0.4, -0.2) is 47.5 Å². The Bertz CT molecular complexity index is 554. The van der Waals surface area contributed by atoms with Gasteiger partial charge in [-0.15, -0.1) is 25.6 Å². The van der Waals surface area contributed by atoms with Gasteiger partial charge in [-0.3, -0.25) is 9.69 Å². The van der Waals surface area contributed by atoms with Crippen molar-refractivity contribution in [3.63, 3.8) is 0 Å². The fraction of sp³-hybridized carbons (Fsp3) is 0.533. The van der Waals surface area contributed by atoms with Gasteiger partial charge in [0, 0.05) is 25.2 Å². The summed E-state index contributed by atoms with van der Waals surface area (Å²) in [5.74, 6) is -1.14. The second-order valence-corrected chi connectivity index (χ2v) is 5.96. The van der Waals surface area contributed by atoms with Crippen molar-refractivity contribution in [3.05, 3.63) is 29.8 Å². The van der Waals surface area contributed by atoms with Crippen molar-refractivity contribution in [1.29, 1.82) is 0 Å². The van der Waals surface area contributed by atoms with E-state index in [1.165, 1.54) is 12.1 Å². The molecule has 1 aliphatic heterocycles. The molecule has 1 saturated heterocycles. The average molecular weight is 369 g/mol. The van der Waals surface area contributed by atoms with E-state index in [9.17, 15) is 18.0 Å². The number of aliphatic carboxylic acids is 1. The lowest BCUT2D eigenvalue weighted by atomic mass is 10.0. The van der Waals surface area contributed by atoms with Crippen LogP contribution in [0, 0.1) is 0 Å². The molecule has 2 N–H and O–H groups in total. The van der Waals surface area contributed by atoms with Crippen molar-refractivity contribution in [3.8, 4) is 5.75 Å². The number of carboxylic acids is 1. The number of carboxylic acid groups (broad SMARTS) is 1. The van der Waals surface area contributed by atoms with E-state index in [4.69, 9.17) is 5.11 Å². The highest BCUT2D eigenvalue weighted by molar-refractivity contribution is 5.85. The van der Waals surface area contributed by atoms with Crippen LogP contribution in [0.5, 0.6) is 5.75 Å². The fourth-order valence-electron chi connectivity index (χ4n) is 2.68. The zero-order valence-corrected chi connectivity index (χ0v) is 13.9. The molecule has 0 amide bonds. The normalized spacial score (nSPS) is 21.3. The number of carbonyl (C=O) groups is 1. The molecule has 0 radical (unpaired) electrons. The molecule has 9 heteroatoms. The number of nitrogens with one attached hydrogen (secondary N) is 1. The number of likely N-dealkylation sites (tertiary alicyclic amines) is 1. The molecule has 1 aromatic carbocycles. The summed E-state index contributed by atoms with van der Waals surface area (Å²) in [4.78, 5) is 12.8. The Labute approximate surface area is 144 Å². The van der Waals surface area contributed by atoms with Crippen LogP contribution in [0.15, 0.2) is 24.3 Å². The molecule has 0 bridgehead atoms. The van der Waals surface area contributed by atoms with E-state index >= 15 is 0 Å². The number of halogens is 4. The molecule has 2 rings (SSSR count). The maximum absolute atomic E-state index is 12.1. The maximum atomic E-state index is 12.1. The molecule has 136 valence electrons. The van der Waals surface area contributed by atoms with Gasteiger partial charge < -0.3 is 15.2 Å². The first-order valence-corrected chi connectivity index (χ1v) is 7.19. The van der Waals surface area contributed by atoms with Crippen LogP contribution in [-0.2, 0) is 11.3 Å². The molecule has 0 aliphatic carbocycles. The van der Waals surface area contributed by atoms with Crippen molar-refractivity contribution in [2.24, 2.45) is 0 Å². The lowest BCUT2D eigenvalue weighted by Gasteiger charge is -2.25. The lowest BCUT2D eigenvalue weighted by molar-refractivity contribution is -0.274. The van der Waals surface area contributed by atoms with E-state index in [1.807, 2.05) is 6.92 Å². The van der Waals surface area contributed by atoms with Gasteiger partial charge in [0.2, 0.25) is 0 Å². The molecule has 1 aliphatic rings. The highest BCUT2D eigenvalue weighted by Crippen LogP contribution is 2.25. The largest absolute Gasteiger partial charge is 0.573 e. The molecule has 1 heterocycles. The third kappa shape index (κ3) is 6.54. The van der Waals surface area contributed by atoms with E-state index in [0.29, 0.717) is 13.1 Å². The van der Waals surface area contributed by atoms with Crippen molar-refractivity contribution in [2.45, 2.75) is 31.8 Å². The first-order chi connectivity index (χ1) is 10.7. The predicted molar refractivity (Wildman–Crippen MR) is 84.3 cm³/mol. The highest BCUT2D eigenvalue weighted by atomic mass is 35.5. The molecule has 1 unspecified atom stereocenters. The predicted octanol–water partition coefficient (Wildman–Crippen LogP) is 2.65. The SMILES string of the molecule is CC1(NCC(=O)O)CCN(Cc2ccc(OC(F)(F)F)cc2)C1.Cl. The van der Waals surface area contributed by atoms with Gasteiger partial charge in [-0.05, 0) is 31.0 Å². The Kier molecular flexibility index (Phi) is 6.88. The number of hydrogen-bond donors (Lipinski definition) is 2. The van der Waals surface area contributed by atoms with E-state index < -0.39 is 12.3 Å². The van der Waals surface area contributed by atoms with Crippen LogP contribution >= 0.6 is 12.4 Å². The first kappa shape index (κ1) is 20.5. The Hall–Kier alpha value is -1.51. The number of ether oxygens (including phenoxy) is 1. The summed E-state index contributed by atoms with van der Waals surface area (Å²) in [5.41, 5.74) is 0.611. The van der Waals surface area contributed by atoms with Crippen LogP contribution < -0.4 is 10.1 Å². The summed E-state index contributed by atoms with van der Waals surface area (Å²) in [5, 5.41) is 11.7. The smallest absolute Gasteiger partial charge is 0.480 e. The zero-order valence-electron chi connectivity index (χ0n) is 13.1. The summed E-state index contributed by atoms with van der Waals surface area (Å²) in [6.07, 6.45) is -3.87. The van der Waals surface area contributed by atoms with Crippen LogP contribution in [0.3, 0.4) is 0 Å². The number of benzene rings is 1. The van der Waals surface area contributed by atoms with Gasteiger partial charge >= 0.3 is 12.3 Å². The van der Waals surface area contributed by atoms with Gasteiger partial charge in [-0.25, -0.2) is 0 Å². The third-order valence-electron chi connectivity index (χ3n) is 3.78. The van der Waals surface area contributed by atoms with Crippen molar-refractivity contribution in [2.75, 3.05) is 19.6 Å². The minimum absolute atomic E-state index is 0. The van der Waals surface area contributed by atoms with Gasteiger partial charge in [0.1, 0.15) is 5.75 Å². The fourth-order valence-corrected chi connectivity index (χ4v) is 2.68. The van der Waals surface area contributed by atoms with Gasteiger partial charge in [0.25, 0.3) is 0 Å². The molecule has 5 nitrogen and oxygen atoms in total. The third-order valence-corrected chi connectivity index (χ3v) is 3.78. The monoisotopic (exact) mass is 368 g/mol. The van der Waals surface area contributed by atoms with Crippen molar-refractivity contribution < 1.29 is 27.8 Å². The zero-order chi connectivity index (χ0) is 17.1. The van der Waals surface area contributed by atoms with Crippen LogP contribution in [0.2, 0.25) is 0 Å². The molecule has 1 atom stereocenters. The molecule has 0 saturated carbocycles. The standard InChI is InChI=1S/C15H19F3N2O3.ClH/c1-14(19-8-13(21)22)6-7-20(10-14)9-11-2-4-12(5-3-11)23-15(16,17)18;/h2-5,19H,6-10H2,1H3,(H,21,22);1H. The van der Waals surface area contributed by atoms with E-state index in [0.717, 1.165) is 18.5 Å². The van der Waals surface area contributed by atoms with E-state index in [1.54, 1.807) is 12.1 Å². The Morgan fingerprint density at radius 1 is 1.38 bits per heavy atom. The van der Waals surface area contributed by atoms with Crippen LogP contribution in [0.1, 0.15) is 18.9 Å². The molecule has 0 spiro atoms. The number of alkyl halides is 3. The van der Waals surface area contributed by atoms with Gasteiger partial charge in [0.15, 0.2) is 0 Å². The number of rotatable bonds is 6. The van der Waals surface area contributed by atoms with Gasteiger partial charge in [-0.1, -0.05) is 12.1 Å². The van der Waals surface area contributed by atoms with Crippen molar-refractivity contribution in [1.82, 2.24) is 10.2 Å². The minimum Gasteiger partial charge on any atom is -0.480 e. The van der Waals surface area contributed by atoms with E-state index in [-0.39, 0.29) is 30.2 Å². The van der Waals surface area contributed by atoms with Gasteiger partial charge in [-0.2, -0.15) is 0 Å². The Morgan fingerprint density at radius 3 is 2.54 bits per heavy atom. The molecular weight excluding hydrogens is 349 g/mol. The topological polar surface area (TPSA) is 61.8 Å². The summed E-state index contributed by atoms with van der Waals surface area (Å²) in [7, 11) is 0. The maximum Gasteiger partial charge on any atom is 0.573 e. The summed E-state index contributed by atoms with van der Waals surface area (Å²) < 4.78 is 40.1. The average Bonchev–Trinajstić information content (AvgIpc) is 2.79. The highest BCUT2D eigenvalue weighted by Gasteiger charge is 2.34. The Morgan fingerprint density at radius 2 is 2.00 bits per heavy atom. The number of hydrogen-bond acceptors (Lipinski definition) is 4. The summed E-state index contributed by atoms with van der Waals surface area (Å²) >= 11 is 0. The molecule has 1 fully saturated rings. The van der Waals surface area contributed by atoms with Crippen LogP contribution in [0.25, 0.3) is 0 Å². The summed E-state index contributed by atoms with van der Waals surface area (Å²) in [6.45, 7) is 3.95. The quantitative estimate of drug-likeness (QED) is 0.808. The second kappa shape index (κ2) is 8.04. The number of nitrogens with zero attached hydrogens (tertiary/aromatic N) is 1. The first-order valence-electron chi connectivity index (χ1n) is 7.19. The second-order valence-electron chi connectivity index (χ2n) is 5.96. The molecule has 0 aromatic heterocycles. The molecule has 24 heavy (non-hydrogen) atoms. The molecular formula is C15H20ClF3N2O3. The van der Waals surface area contributed by atoms with E-state index in [2.05, 4.69) is 15.0 Å². The van der Waals surface area contributed by atoms with Crippen LogP contribution in [0.4, 0.5) is 13.2 Å². The lowest BCUT2D eigenvalue weighted by Crippen LogP contribution is -2.46. The Balaban J connectivity index is 0.00000288. The van der Waals surface area contributed by atoms with Crippen molar-refractivity contribution >= 4 is 18.4 Å². The van der Waals surface area contributed by atoms with Gasteiger partial charge in [0.05, 0.1) is 6.54 Å². The minimum atomic E-state index is -4.69.